The Morgan fingerprint density at radius 1 is 1.47 bits per heavy atom. The van der Waals surface area contributed by atoms with Gasteiger partial charge in [0, 0.05) is 13.2 Å². The molecule has 0 spiro atoms. The van der Waals surface area contributed by atoms with Crippen LogP contribution in [0, 0.1) is 6.92 Å². The van der Waals surface area contributed by atoms with Crippen molar-refractivity contribution in [1.82, 2.24) is 4.98 Å². The molecule has 0 aliphatic rings. The molecule has 0 aliphatic carbocycles. The van der Waals surface area contributed by atoms with Crippen molar-refractivity contribution in [3.05, 3.63) is 23.8 Å². The average molecular weight is 222 g/mol. The summed E-state index contributed by atoms with van der Waals surface area (Å²) in [7, 11) is 0. The van der Waals surface area contributed by atoms with Crippen LogP contribution in [0.25, 0.3) is 10.2 Å². The van der Waals surface area contributed by atoms with Crippen LogP contribution in [0.2, 0.25) is 0 Å². The fraction of sp³-hybridized carbons (Fsp3) is 0.364. The van der Waals surface area contributed by atoms with Crippen LogP contribution in [0.3, 0.4) is 0 Å². The average Bonchev–Trinajstić information content (AvgIpc) is 2.60. The first kappa shape index (κ1) is 10.4. The highest BCUT2D eigenvalue weighted by atomic mass is 32.1. The van der Waals surface area contributed by atoms with E-state index in [0.717, 1.165) is 23.6 Å². The summed E-state index contributed by atoms with van der Waals surface area (Å²) in [5.74, 6) is 0. The second-order valence-electron chi connectivity index (χ2n) is 3.49. The van der Waals surface area contributed by atoms with Gasteiger partial charge in [0.05, 0.1) is 10.2 Å². The molecule has 4 heteroatoms. The molecule has 2 aromatic rings. The second-order valence-corrected chi connectivity index (χ2v) is 4.52. The zero-order valence-electron chi connectivity index (χ0n) is 8.66. The Hall–Kier alpha value is -1.13. The molecular weight excluding hydrogens is 208 g/mol. The molecule has 2 rings (SSSR count). The molecule has 0 amide bonds. The number of anilines is 1. The molecule has 0 fully saturated rings. The summed E-state index contributed by atoms with van der Waals surface area (Å²) in [5.41, 5.74) is 2.28. The third kappa shape index (κ3) is 2.46. The maximum absolute atomic E-state index is 8.66. The summed E-state index contributed by atoms with van der Waals surface area (Å²) in [6.07, 6.45) is 0.759. The maximum atomic E-state index is 8.66. The minimum Gasteiger partial charge on any atom is -0.396 e. The highest BCUT2D eigenvalue weighted by molar-refractivity contribution is 7.22. The minimum atomic E-state index is 0.219. The molecule has 0 saturated heterocycles. The molecule has 0 atom stereocenters. The first-order valence-corrected chi connectivity index (χ1v) is 5.83. The summed E-state index contributed by atoms with van der Waals surface area (Å²) < 4.78 is 1.20. The van der Waals surface area contributed by atoms with Gasteiger partial charge in [-0.15, -0.1) is 0 Å². The summed E-state index contributed by atoms with van der Waals surface area (Å²) in [5, 5.41) is 12.8. The molecule has 1 aromatic carbocycles. The van der Waals surface area contributed by atoms with Crippen molar-refractivity contribution >= 4 is 26.7 Å². The van der Waals surface area contributed by atoms with Crippen LogP contribution < -0.4 is 5.32 Å². The quantitative estimate of drug-likeness (QED) is 0.781. The number of nitrogens with one attached hydrogen (secondary N) is 1. The zero-order chi connectivity index (χ0) is 10.7. The lowest BCUT2D eigenvalue weighted by molar-refractivity contribution is 0.292. The number of nitrogens with zero attached hydrogens (tertiary/aromatic N) is 1. The predicted octanol–water partition coefficient (Wildman–Crippen LogP) is 2.40. The van der Waals surface area contributed by atoms with Crippen molar-refractivity contribution in [2.45, 2.75) is 13.3 Å². The van der Waals surface area contributed by atoms with E-state index >= 15 is 0 Å². The van der Waals surface area contributed by atoms with Crippen molar-refractivity contribution in [2.24, 2.45) is 0 Å². The van der Waals surface area contributed by atoms with Gasteiger partial charge < -0.3 is 10.4 Å². The minimum absolute atomic E-state index is 0.219. The van der Waals surface area contributed by atoms with Crippen molar-refractivity contribution < 1.29 is 5.11 Å². The summed E-state index contributed by atoms with van der Waals surface area (Å²) in [4.78, 5) is 4.47. The van der Waals surface area contributed by atoms with Gasteiger partial charge in [-0.3, -0.25) is 0 Å². The monoisotopic (exact) mass is 222 g/mol. The Bertz CT molecular complexity index is 453. The lowest BCUT2D eigenvalue weighted by atomic mass is 10.2. The molecule has 3 nitrogen and oxygen atoms in total. The second kappa shape index (κ2) is 4.59. The first-order valence-electron chi connectivity index (χ1n) is 5.01. The number of rotatable bonds is 4. The molecule has 0 aliphatic heterocycles. The van der Waals surface area contributed by atoms with Gasteiger partial charge in [0.15, 0.2) is 5.13 Å². The van der Waals surface area contributed by atoms with Crippen LogP contribution in [0.15, 0.2) is 18.2 Å². The van der Waals surface area contributed by atoms with Crippen LogP contribution in [0.4, 0.5) is 5.13 Å². The lowest BCUT2D eigenvalue weighted by Gasteiger charge is -1.97. The first-order chi connectivity index (χ1) is 7.29. The Labute approximate surface area is 92.8 Å². The Kier molecular flexibility index (Phi) is 3.18. The van der Waals surface area contributed by atoms with Crippen LogP contribution in [-0.4, -0.2) is 23.2 Å². The van der Waals surface area contributed by atoms with Gasteiger partial charge in [-0.25, -0.2) is 4.98 Å². The number of fused-ring (bicyclic) bond motifs is 1. The van der Waals surface area contributed by atoms with Crippen molar-refractivity contribution in [3.8, 4) is 0 Å². The van der Waals surface area contributed by atoms with E-state index in [9.17, 15) is 0 Å². The SMILES string of the molecule is Cc1ccc2sc(NCCCO)nc2c1. The Balaban J connectivity index is 2.16. The van der Waals surface area contributed by atoms with E-state index in [2.05, 4.69) is 35.4 Å². The van der Waals surface area contributed by atoms with Crippen LogP contribution in [0.5, 0.6) is 0 Å². The number of aromatic nitrogens is 1. The number of hydrogen-bond acceptors (Lipinski definition) is 4. The Morgan fingerprint density at radius 3 is 3.13 bits per heavy atom. The van der Waals surface area contributed by atoms with Crippen molar-refractivity contribution in [3.63, 3.8) is 0 Å². The molecule has 80 valence electrons. The fourth-order valence-corrected chi connectivity index (χ4v) is 2.26. The van der Waals surface area contributed by atoms with E-state index in [1.54, 1.807) is 11.3 Å². The highest BCUT2D eigenvalue weighted by Crippen LogP contribution is 2.26. The van der Waals surface area contributed by atoms with Gasteiger partial charge in [0.2, 0.25) is 0 Å². The largest absolute Gasteiger partial charge is 0.396 e. The van der Waals surface area contributed by atoms with Gasteiger partial charge in [-0.1, -0.05) is 17.4 Å². The van der Waals surface area contributed by atoms with Gasteiger partial charge in [-0.2, -0.15) is 0 Å². The van der Waals surface area contributed by atoms with Crippen LogP contribution in [0.1, 0.15) is 12.0 Å². The van der Waals surface area contributed by atoms with Crippen LogP contribution >= 0.6 is 11.3 Å². The van der Waals surface area contributed by atoms with E-state index in [1.807, 2.05) is 0 Å². The van der Waals surface area contributed by atoms with Gasteiger partial charge in [0.25, 0.3) is 0 Å². The third-order valence-corrected chi connectivity index (χ3v) is 3.15. The smallest absolute Gasteiger partial charge is 0.183 e. The van der Waals surface area contributed by atoms with Gasteiger partial charge in [0.1, 0.15) is 0 Å². The molecule has 0 saturated carbocycles. The number of hydrogen-bond donors (Lipinski definition) is 2. The summed E-state index contributed by atoms with van der Waals surface area (Å²) >= 11 is 1.65. The molecule has 0 radical (unpaired) electrons. The fourth-order valence-electron chi connectivity index (χ4n) is 1.39. The standard InChI is InChI=1S/C11H14N2OS/c1-8-3-4-10-9(7-8)13-11(15-10)12-5-2-6-14/h3-4,7,14H,2,5-6H2,1H3,(H,12,13). The molecule has 1 heterocycles. The number of aliphatic hydroxyl groups excluding tert-OH is 1. The van der Waals surface area contributed by atoms with Gasteiger partial charge >= 0.3 is 0 Å². The predicted molar refractivity (Wildman–Crippen MR) is 64.5 cm³/mol. The van der Waals surface area contributed by atoms with E-state index in [-0.39, 0.29) is 6.61 Å². The van der Waals surface area contributed by atoms with E-state index in [1.165, 1.54) is 10.3 Å². The number of aryl methyl sites for hydroxylation is 1. The van der Waals surface area contributed by atoms with E-state index < -0.39 is 0 Å². The molecule has 2 N–H and O–H groups in total. The lowest BCUT2D eigenvalue weighted by Crippen LogP contribution is -2.02. The summed E-state index contributed by atoms with van der Waals surface area (Å²) in [6, 6.07) is 6.28. The highest BCUT2D eigenvalue weighted by Gasteiger charge is 2.02. The van der Waals surface area contributed by atoms with E-state index in [4.69, 9.17) is 5.11 Å². The van der Waals surface area contributed by atoms with Gasteiger partial charge in [-0.05, 0) is 31.0 Å². The molecule has 0 bridgehead atoms. The topological polar surface area (TPSA) is 45.1 Å². The summed E-state index contributed by atoms with van der Waals surface area (Å²) in [6.45, 7) is 3.06. The van der Waals surface area contributed by atoms with Crippen molar-refractivity contribution in [2.75, 3.05) is 18.5 Å². The number of thiazole rings is 1. The zero-order valence-corrected chi connectivity index (χ0v) is 9.47. The molecule has 0 unspecified atom stereocenters. The number of aliphatic hydroxyl groups is 1. The Morgan fingerprint density at radius 2 is 2.33 bits per heavy atom. The normalized spacial score (nSPS) is 10.8. The molecule has 15 heavy (non-hydrogen) atoms. The third-order valence-electron chi connectivity index (χ3n) is 2.15. The van der Waals surface area contributed by atoms with Crippen molar-refractivity contribution in [1.29, 1.82) is 0 Å². The van der Waals surface area contributed by atoms with E-state index in [0.29, 0.717) is 0 Å². The molecular formula is C11H14N2OS. The number of benzene rings is 1. The molecule has 1 aromatic heterocycles. The maximum Gasteiger partial charge on any atom is 0.183 e. The van der Waals surface area contributed by atoms with Crippen LogP contribution in [-0.2, 0) is 0 Å².